The van der Waals surface area contributed by atoms with E-state index in [1.54, 1.807) is 6.07 Å². The number of rotatable bonds is 4. The Morgan fingerprint density at radius 3 is 2.84 bits per heavy atom. The summed E-state index contributed by atoms with van der Waals surface area (Å²) in [5, 5.41) is 4.11. The zero-order chi connectivity index (χ0) is 14.0. The molecule has 0 amide bonds. The van der Waals surface area contributed by atoms with E-state index in [0.717, 1.165) is 34.3 Å². The molecule has 0 radical (unpaired) electrons. The lowest BCUT2D eigenvalue weighted by Crippen LogP contribution is -2.37. The summed E-state index contributed by atoms with van der Waals surface area (Å²) in [5.41, 5.74) is 2.00. The predicted molar refractivity (Wildman–Crippen MR) is 85.1 cm³/mol. The molecule has 1 aliphatic rings. The molecule has 0 spiro atoms. The van der Waals surface area contributed by atoms with Crippen LogP contribution in [0, 0.1) is 11.7 Å². The summed E-state index contributed by atoms with van der Waals surface area (Å²) < 4.78 is 15.0. The van der Waals surface area contributed by atoms with Crippen LogP contribution in [0.5, 0.6) is 0 Å². The second kappa shape index (κ2) is 6.59. The molecule has 19 heavy (non-hydrogen) atoms. The SMILES string of the molecule is CCCNC1c2c(Br)ccc(F)c2CSC1C(C)C. The van der Waals surface area contributed by atoms with Gasteiger partial charge in [0.1, 0.15) is 5.82 Å². The van der Waals surface area contributed by atoms with Crippen LogP contribution in [-0.2, 0) is 5.75 Å². The Hall–Kier alpha value is -0.0600. The predicted octanol–water partition coefficient (Wildman–Crippen LogP) is 4.90. The van der Waals surface area contributed by atoms with Gasteiger partial charge in [0.2, 0.25) is 0 Å². The lowest BCUT2D eigenvalue weighted by molar-refractivity contribution is 0.433. The molecule has 0 fully saturated rings. The van der Waals surface area contributed by atoms with Crippen LogP contribution in [0.25, 0.3) is 0 Å². The third-order valence-corrected chi connectivity index (χ3v) is 5.93. The molecule has 1 heterocycles. The molecule has 2 rings (SSSR count). The molecular weight excluding hydrogens is 325 g/mol. The van der Waals surface area contributed by atoms with Crippen LogP contribution in [0.2, 0.25) is 0 Å². The summed E-state index contributed by atoms with van der Waals surface area (Å²) in [6.07, 6.45) is 1.09. The average Bonchev–Trinajstić information content (AvgIpc) is 2.39. The average molecular weight is 346 g/mol. The van der Waals surface area contributed by atoms with Gasteiger partial charge in [-0.25, -0.2) is 4.39 Å². The first-order valence-corrected chi connectivity index (χ1v) is 8.72. The molecule has 0 saturated heterocycles. The fourth-order valence-corrected chi connectivity index (χ4v) is 4.71. The maximum absolute atomic E-state index is 14.0. The Bertz CT molecular complexity index is 450. The van der Waals surface area contributed by atoms with E-state index < -0.39 is 0 Å². The fraction of sp³-hybridized carbons (Fsp3) is 0.600. The lowest BCUT2D eigenvalue weighted by Gasteiger charge is -2.37. The van der Waals surface area contributed by atoms with Crippen LogP contribution in [0.1, 0.15) is 44.4 Å². The maximum atomic E-state index is 14.0. The maximum Gasteiger partial charge on any atom is 0.127 e. The second-order valence-electron chi connectivity index (χ2n) is 5.37. The Kier molecular flexibility index (Phi) is 5.32. The van der Waals surface area contributed by atoms with Crippen LogP contribution in [0.4, 0.5) is 4.39 Å². The molecule has 0 aromatic heterocycles. The zero-order valence-electron chi connectivity index (χ0n) is 11.7. The van der Waals surface area contributed by atoms with Crippen LogP contribution in [-0.4, -0.2) is 11.8 Å². The van der Waals surface area contributed by atoms with Crippen molar-refractivity contribution < 1.29 is 4.39 Å². The Balaban J connectivity index is 2.42. The highest BCUT2D eigenvalue weighted by atomic mass is 79.9. The van der Waals surface area contributed by atoms with Crippen molar-refractivity contribution in [2.75, 3.05) is 6.54 Å². The standard InChI is InChI=1S/C15H21BrFNS/c1-4-7-18-14-13-10(8-19-15(14)9(2)3)12(17)6-5-11(13)16/h5-6,9,14-15,18H,4,7-8H2,1-3H3. The van der Waals surface area contributed by atoms with Crippen molar-refractivity contribution in [2.45, 2.75) is 44.2 Å². The highest BCUT2D eigenvalue weighted by Crippen LogP contribution is 2.44. The van der Waals surface area contributed by atoms with E-state index in [4.69, 9.17) is 0 Å². The van der Waals surface area contributed by atoms with Gasteiger partial charge in [-0.1, -0.05) is 36.7 Å². The van der Waals surface area contributed by atoms with Gasteiger partial charge in [-0.05, 0) is 36.6 Å². The van der Waals surface area contributed by atoms with E-state index in [1.807, 2.05) is 17.8 Å². The number of nitrogens with one attached hydrogen (secondary N) is 1. The van der Waals surface area contributed by atoms with Crippen molar-refractivity contribution in [3.8, 4) is 0 Å². The monoisotopic (exact) mass is 345 g/mol. The molecule has 0 saturated carbocycles. The number of fused-ring (bicyclic) bond motifs is 1. The highest BCUT2D eigenvalue weighted by molar-refractivity contribution is 9.10. The smallest absolute Gasteiger partial charge is 0.127 e. The van der Waals surface area contributed by atoms with Crippen molar-refractivity contribution in [3.05, 3.63) is 33.5 Å². The molecule has 1 aromatic carbocycles. The minimum absolute atomic E-state index is 0.0730. The van der Waals surface area contributed by atoms with Crippen molar-refractivity contribution in [3.63, 3.8) is 0 Å². The molecule has 4 heteroatoms. The Morgan fingerprint density at radius 2 is 2.21 bits per heavy atom. The van der Waals surface area contributed by atoms with Crippen molar-refractivity contribution >= 4 is 27.7 Å². The van der Waals surface area contributed by atoms with E-state index in [2.05, 4.69) is 42.0 Å². The van der Waals surface area contributed by atoms with E-state index in [-0.39, 0.29) is 11.9 Å². The molecule has 106 valence electrons. The number of thioether (sulfide) groups is 1. The summed E-state index contributed by atoms with van der Waals surface area (Å²) in [6.45, 7) is 7.62. The van der Waals surface area contributed by atoms with Gasteiger partial charge in [0.25, 0.3) is 0 Å². The van der Waals surface area contributed by atoms with Gasteiger partial charge >= 0.3 is 0 Å². The Morgan fingerprint density at radius 1 is 1.47 bits per heavy atom. The third-order valence-electron chi connectivity index (χ3n) is 3.58. The minimum atomic E-state index is -0.0730. The summed E-state index contributed by atoms with van der Waals surface area (Å²) in [4.78, 5) is 0. The number of halogens is 2. The van der Waals surface area contributed by atoms with Crippen LogP contribution < -0.4 is 5.32 Å². The second-order valence-corrected chi connectivity index (χ2v) is 7.39. The van der Waals surface area contributed by atoms with Gasteiger partial charge in [-0.3, -0.25) is 0 Å². The summed E-state index contributed by atoms with van der Waals surface area (Å²) in [7, 11) is 0. The van der Waals surface area contributed by atoms with Crippen molar-refractivity contribution in [1.29, 1.82) is 0 Å². The zero-order valence-corrected chi connectivity index (χ0v) is 14.1. The van der Waals surface area contributed by atoms with E-state index >= 15 is 0 Å². The fourth-order valence-electron chi connectivity index (χ4n) is 2.63. The van der Waals surface area contributed by atoms with Gasteiger partial charge in [0.15, 0.2) is 0 Å². The minimum Gasteiger partial charge on any atom is -0.309 e. The first-order chi connectivity index (χ1) is 9.06. The largest absolute Gasteiger partial charge is 0.309 e. The molecule has 2 atom stereocenters. The summed E-state index contributed by atoms with van der Waals surface area (Å²) in [5.74, 6) is 1.27. The molecule has 1 aliphatic heterocycles. The summed E-state index contributed by atoms with van der Waals surface area (Å²) >= 11 is 5.48. The number of hydrogen-bond donors (Lipinski definition) is 1. The van der Waals surface area contributed by atoms with E-state index in [0.29, 0.717) is 11.2 Å². The quantitative estimate of drug-likeness (QED) is 0.832. The molecule has 1 aromatic rings. The normalized spacial score (nSPS) is 22.6. The molecule has 2 unspecified atom stereocenters. The highest BCUT2D eigenvalue weighted by Gasteiger charge is 2.34. The molecule has 1 nitrogen and oxygen atoms in total. The summed E-state index contributed by atoms with van der Waals surface area (Å²) in [6, 6.07) is 3.64. The van der Waals surface area contributed by atoms with Gasteiger partial charge in [-0.15, -0.1) is 0 Å². The molecule has 1 N–H and O–H groups in total. The van der Waals surface area contributed by atoms with Gasteiger partial charge < -0.3 is 5.32 Å². The van der Waals surface area contributed by atoms with Crippen molar-refractivity contribution in [2.24, 2.45) is 5.92 Å². The Labute approximate surface area is 127 Å². The first kappa shape index (κ1) is 15.3. The molecular formula is C15H21BrFNS. The third kappa shape index (κ3) is 3.17. The lowest BCUT2D eigenvalue weighted by atomic mass is 9.92. The number of benzene rings is 1. The van der Waals surface area contributed by atoms with Crippen LogP contribution >= 0.6 is 27.7 Å². The van der Waals surface area contributed by atoms with E-state index in [1.165, 1.54) is 0 Å². The van der Waals surface area contributed by atoms with Gasteiger partial charge in [-0.2, -0.15) is 11.8 Å². The van der Waals surface area contributed by atoms with Gasteiger partial charge in [0.05, 0.1) is 0 Å². The van der Waals surface area contributed by atoms with E-state index in [9.17, 15) is 4.39 Å². The topological polar surface area (TPSA) is 12.0 Å². The van der Waals surface area contributed by atoms with Crippen LogP contribution in [0.15, 0.2) is 16.6 Å². The van der Waals surface area contributed by atoms with Gasteiger partial charge in [0, 0.05) is 27.1 Å². The first-order valence-electron chi connectivity index (χ1n) is 6.88. The van der Waals surface area contributed by atoms with Crippen LogP contribution in [0.3, 0.4) is 0 Å². The molecule has 0 bridgehead atoms. The number of hydrogen-bond acceptors (Lipinski definition) is 2. The molecule has 0 aliphatic carbocycles. The van der Waals surface area contributed by atoms with Crippen molar-refractivity contribution in [1.82, 2.24) is 5.32 Å².